The standard InChI is InChI=1S/C24H40N4O6/c1-9-21(3,4)33-31-19(29)13-11-15-23(7,17-25)27-28-24(8,18-26)16-12-14-20(30)32-34-22(5,6)10-2/h9-16H2,1-8H3. The van der Waals surface area contributed by atoms with E-state index in [1.54, 1.807) is 13.8 Å². The zero-order valence-electron chi connectivity index (χ0n) is 21.9. The number of carbonyl (C=O) groups is 2. The third kappa shape index (κ3) is 13.2. The van der Waals surface area contributed by atoms with Gasteiger partial charge in [-0.2, -0.15) is 30.5 Å². The fourth-order valence-corrected chi connectivity index (χ4v) is 2.15. The predicted molar refractivity (Wildman–Crippen MR) is 124 cm³/mol. The van der Waals surface area contributed by atoms with Gasteiger partial charge in [-0.15, -0.1) is 0 Å². The van der Waals surface area contributed by atoms with Gasteiger partial charge in [0.05, 0.1) is 12.1 Å². The van der Waals surface area contributed by atoms with Crippen LogP contribution in [0.4, 0.5) is 0 Å². The summed E-state index contributed by atoms with van der Waals surface area (Å²) >= 11 is 0. The molecule has 0 aliphatic heterocycles. The summed E-state index contributed by atoms with van der Waals surface area (Å²) in [4.78, 5) is 43.6. The highest BCUT2D eigenvalue weighted by atomic mass is 17.2. The van der Waals surface area contributed by atoms with Gasteiger partial charge in [-0.05, 0) is 80.1 Å². The number of carbonyl (C=O) groups excluding carboxylic acids is 2. The highest BCUT2D eigenvalue weighted by Crippen LogP contribution is 2.25. The number of hydrogen-bond donors (Lipinski definition) is 0. The van der Waals surface area contributed by atoms with E-state index in [1.165, 1.54) is 0 Å². The average Bonchev–Trinajstić information content (AvgIpc) is 2.80. The molecule has 0 N–H and O–H groups in total. The van der Waals surface area contributed by atoms with E-state index in [2.05, 4.69) is 22.4 Å². The van der Waals surface area contributed by atoms with Gasteiger partial charge in [-0.25, -0.2) is 9.59 Å². The van der Waals surface area contributed by atoms with E-state index < -0.39 is 34.2 Å². The summed E-state index contributed by atoms with van der Waals surface area (Å²) in [6, 6.07) is 4.16. The van der Waals surface area contributed by atoms with Crippen LogP contribution in [0.1, 0.15) is 107 Å². The molecule has 0 bridgehead atoms. The minimum Gasteiger partial charge on any atom is -0.298 e. The maximum Gasteiger partial charge on any atom is 0.342 e. The van der Waals surface area contributed by atoms with Gasteiger partial charge >= 0.3 is 11.9 Å². The molecule has 0 spiro atoms. The molecule has 0 heterocycles. The highest BCUT2D eigenvalue weighted by Gasteiger charge is 2.29. The highest BCUT2D eigenvalue weighted by molar-refractivity contribution is 5.68. The Kier molecular flexibility index (Phi) is 12.9. The van der Waals surface area contributed by atoms with Crippen LogP contribution in [-0.4, -0.2) is 34.2 Å². The van der Waals surface area contributed by atoms with E-state index in [1.807, 2.05) is 41.5 Å². The van der Waals surface area contributed by atoms with Gasteiger partial charge in [0.2, 0.25) is 0 Å². The van der Waals surface area contributed by atoms with Crippen LogP contribution in [-0.2, 0) is 29.1 Å². The molecule has 10 heteroatoms. The number of hydrogen-bond acceptors (Lipinski definition) is 10. The van der Waals surface area contributed by atoms with Crippen molar-refractivity contribution >= 4 is 11.9 Å². The Bertz CT molecular complexity index is 719. The van der Waals surface area contributed by atoms with E-state index in [0.29, 0.717) is 25.7 Å². The SMILES string of the molecule is CCC(C)(C)OOC(=O)CCCC(C)(C#N)N=NC(C)(C#N)CCCC(=O)OOC(C)(C)CC. The molecule has 2 unspecified atom stereocenters. The van der Waals surface area contributed by atoms with Crippen molar-refractivity contribution in [2.45, 2.75) is 129 Å². The third-order valence-corrected chi connectivity index (χ3v) is 5.49. The molecular weight excluding hydrogens is 440 g/mol. The van der Waals surface area contributed by atoms with Crippen LogP contribution in [0.25, 0.3) is 0 Å². The van der Waals surface area contributed by atoms with Gasteiger partial charge in [0.15, 0.2) is 11.1 Å². The van der Waals surface area contributed by atoms with Gasteiger partial charge in [-0.1, -0.05) is 13.8 Å². The van der Waals surface area contributed by atoms with Gasteiger partial charge in [-0.3, -0.25) is 9.78 Å². The van der Waals surface area contributed by atoms with Crippen LogP contribution < -0.4 is 0 Å². The summed E-state index contributed by atoms with van der Waals surface area (Å²) in [5.41, 5.74) is -3.55. The summed E-state index contributed by atoms with van der Waals surface area (Å²) < 4.78 is 0. The second-order valence-electron chi connectivity index (χ2n) is 9.98. The fraction of sp³-hybridized carbons (Fsp3) is 0.833. The monoisotopic (exact) mass is 480 g/mol. The van der Waals surface area contributed by atoms with Crippen molar-refractivity contribution in [2.24, 2.45) is 10.2 Å². The topological polar surface area (TPSA) is 143 Å². The first-order valence-electron chi connectivity index (χ1n) is 11.7. The Morgan fingerprint density at radius 1 is 0.706 bits per heavy atom. The molecule has 0 rings (SSSR count). The van der Waals surface area contributed by atoms with E-state index in [9.17, 15) is 20.1 Å². The smallest absolute Gasteiger partial charge is 0.298 e. The van der Waals surface area contributed by atoms with Crippen molar-refractivity contribution in [1.29, 1.82) is 10.5 Å². The molecule has 10 nitrogen and oxygen atoms in total. The average molecular weight is 481 g/mol. The number of azo groups is 1. The molecule has 0 aromatic carbocycles. The van der Waals surface area contributed by atoms with Crippen molar-refractivity contribution in [2.75, 3.05) is 0 Å². The lowest BCUT2D eigenvalue weighted by Crippen LogP contribution is -2.26. The maximum atomic E-state index is 11.9. The van der Waals surface area contributed by atoms with Crippen LogP contribution in [0.15, 0.2) is 10.2 Å². The van der Waals surface area contributed by atoms with Crippen molar-refractivity contribution < 1.29 is 29.1 Å². The van der Waals surface area contributed by atoms with Crippen LogP contribution in [0, 0.1) is 22.7 Å². The summed E-state index contributed by atoms with van der Waals surface area (Å²) in [6.07, 6.45) is 2.63. The minimum atomic E-state index is -1.21. The van der Waals surface area contributed by atoms with Crippen molar-refractivity contribution in [3.8, 4) is 12.1 Å². The normalized spacial score (nSPS) is 15.6. The van der Waals surface area contributed by atoms with Gasteiger partial charge < -0.3 is 0 Å². The zero-order chi connectivity index (χ0) is 26.5. The first-order valence-corrected chi connectivity index (χ1v) is 11.7. The molecule has 0 saturated heterocycles. The molecule has 0 radical (unpaired) electrons. The Morgan fingerprint density at radius 3 is 1.29 bits per heavy atom. The van der Waals surface area contributed by atoms with Crippen molar-refractivity contribution in [3.05, 3.63) is 0 Å². The number of nitriles is 2. The Balaban J connectivity index is 4.69. The van der Waals surface area contributed by atoms with Crippen LogP contribution in [0.2, 0.25) is 0 Å². The van der Waals surface area contributed by atoms with Gasteiger partial charge in [0.1, 0.15) is 11.2 Å². The van der Waals surface area contributed by atoms with E-state index in [4.69, 9.17) is 19.6 Å². The molecule has 0 aromatic rings. The van der Waals surface area contributed by atoms with Crippen molar-refractivity contribution in [1.82, 2.24) is 0 Å². The molecular formula is C24H40N4O6. The van der Waals surface area contributed by atoms with Crippen molar-refractivity contribution in [3.63, 3.8) is 0 Å². The van der Waals surface area contributed by atoms with Crippen LogP contribution in [0.3, 0.4) is 0 Å². The zero-order valence-corrected chi connectivity index (χ0v) is 21.9. The first kappa shape index (κ1) is 31.4. The van der Waals surface area contributed by atoms with E-state index in [-0.39, 0.29) is 25.7 Å². The Hall–Kier alpha value is -2.56. The molecule has 0 aliphatic carbocycles. The summed E-state index contributed by atoms with van der Waals surface area (Å²) in [5.74, 6) is -1.06. The third-order valence-electron chi connectivity index (χ3n) is 5.49. The molecule has 0 amide bonds. The van der Waals surface area contributed by atoms with Crippen LogP contribution in [0.5, 0.6) is 0 Å². The lowest BCUT2D eigenvalue weighted by atomic mass is 9.96. The molecule has 0 aliphatic rings. The largest absolute Gasteiger partial charge is 0.342 e. The quantitative estimate of drug-likeness (QED) is 0.156. The lowest BCUT2D eigenvalue weighted by molar-refractivity contribution is -0.325. The first-order chi connectivity index (χ1) is 15.7. The second-order valence-corrected chi connectivity index (χ2v) is 9.98. The Morgan fingerprint density at radius 2 is 1.03 bits per heavy atom. The van der Waals surface area contributed by atoms with E-state index >= 15 is 0 Å². The maximum absolute atomic E-state index is 11.9. The molecule has 2 atom stereocenters. The molecule has 192 valence electrons. The van der Waals surface area contributed by atoms with Gasteiger partial charge in [0, 0.05) is 12.8 Å². The molecule has 0 fully saturated rings. The fourth-order valence-electron chi connectivity index (χ4n) is 2.15. The second kappa shape index (κ2) is 14.0. The summed E-state index contributed by atoms with van der Waals surface area (Å²) in [5, 5.41) is 27.3. The minimum absolute atomic E-state index is 0.0567. The molecule has 0 saturated carbocycles. The van der Waals surface area contributed by atoms with E-state index in [0.717, 1.165) is 0 Å². The Labute approximate surface area is 203 Å². The number of rotatable bonds is 16. The lowest BCUT2D eigenvalue weighted by Gasteiger charge is -2.21. The molecule has 0 aromatic heterocycles. The summed E-state index contributed by atoms with van der Waals surface area (Å²) in [7, 11) is 0. The summed E-state index contributed by atoms with van der Waals surface area (Å²) in [6.45, 7) is 14.2. The molecule has 34 heavy (non-hydrogen) atoms. The number of nitrogens with zero attached hydrogens (tertiary/aromatic N) is 4. The van der Waals surface area contributed by atoms with Crippen LogP contribution >= 0.6 is 0 Å². The predicted octanol–water partition coefficient (Wildman–Crippen LogP) is 5.67. The van der Waals surface area contributed by atoms with Gasteiger partial charge in [0.25, 0.3) is 0 Å².